The summed E-state index contributed by atoms with van der Waals surface area (Å²) < 4.78 is 2.31. The minimum atomic E-state index is 0.684. The molecule has 1 aliphatic rings. The van der Waals surface area contributed by atoms with Gasteiger partial charge < -0.3 is 15.2 Å². The quantitative estimate of drug-likeness (QED) is 0.456. The topological polar surface area (TPSA) is 47.1 Å². The standard InChI is InChI=1S/C27H38N4S/c1-5-7-25-19-31(27(29-25)26-20-32-17-14-21(3)30(26)4)16-13-23-8-10-24(11-9-23)18-22(6-2)12-15-28/h8-11,14,17,19-20,22H,3,5-7,12-13,15-16,18,28H2,1-2,4H3. The maximum absolute atomic E-state index is 5.77. The first-order valence-corrected chi connectivity index (χ1v) is 12.8. The first-order valence-electron chi connectivity index (χ1n) is 11.8. The summed E-state index contributed by atoms with van der Waals surface area (Å²) in [6.07, 6.45) is 10.8. The van der Waals surface area contributed by atoms with Gasteiger partial charge in [-0.1, -0.05) is 57.5 Å². The molecule has 0 bridgehead atoms. The molecule has 0 amide bonds. The van der Waals surface area contributed by atoms with Gasteiger partial charge in [0, 0.05) is 30.9 Å². The third-order valence-corrected chi connectivity index (χ3v) is 6.87. The number of aryl methyl sites for hydroxylation is 3. The number of nitrogens with zero attached hydrogens (tertiary/aromatic N) is 3. The predicted molar refractivity (Wildman–Crippen MR) is 139 cm³/mol. The van der Waals surface area contributed by atoms with Crippen molar-refractivity contribution in [1.29, 1.82) is 0 Å². The van der Waals surface area contributed by atoms with Gasteiger partial charge in [-0.2, -0.15) is 0 Å². The van der Waals surface area contributed by atoms with Crippen LogP contribution in [0, 0.1) is 5.92 Å². The van der Waals surface area contributed by atoms with Crippen molar-refractivity contribution in [2.45, 2.75) is 58.9 Å². The average Bonchev–Trinajstić information content (AvgIpc) is 3.12. The van der Waals surface area contributed by atoms with Crippen LogP contribution < -0.4 is 5.73 Å². The fourth-order valence-corrected chi connectivity index (χ4v) is 4.81. The van der Waals surface area contributed by atoms with E-state index in [2.05, 4.69) is 78.2 Å². The summed E-state index contributed by atoms with van der Waals surface area (Å²) in [6, 6.07) is 9.15. The van der Waals surface area contributed by atoms with E-state index in [-0.39, 0.29) is 0 Å². The highest BCUT2D eigenvalue weighted by Crippen LogP contribution is 2.29. The summed E-state index contributed by atoms with van der Waals surface area (Å²) in [5.41, 5.74) is 11.8. The van der Waals surface area contributed by atoms with Crippen LogP contribution in [0.3, 0.4) is 0 Å². The van der Waals surface area contributed by atoms with Crippen LogP contribution >= 0.6 is 11.8 Å². The Hall–Kier alpha value is -2.24. The Morgan fingerprint density at radius 2 is 1.88 bits per heavy atom. The van der Waals surface area contributed by atoms with Crippen LogP contribution in [0.4, 0.5) is 0 Å². The Labute approximate surface area is 198 Å². The fourth-order valence-electron chi connectivity index (χ4n) is 4.10. The molecule has 0 saturated heterocycles. The largest absolute Gasteiger partial charge is 0.342 e. The molecular weight excluding hydrogens is 412 g/mol. The number of rotatable bonds is 11. The summed E-state index contributed by atoms with van der Waals surface area (Å²) in [6.45, 7) is 10.3. The molecule has 0 radical (unpaired) electrons. The lowest BCUT2D eigenvalue weighted by Gasteiger charge is -2.22. The van der Waals surface area contributed by atoms with E-state index < -0.39 is 0 Å². The Kier molecular flexibility index (Phi) is 9.24. The normalized spacial score (nSPS) is 15.1. The fraction of sp³-hybridized carbons (Fsp3) is 0.444. The molecule has 0 spiro atoms. The van der Waals surface area contributed by atoms with Crippen LogP contribution in [0.15, 0.2) is 59.6 Å². The van der Waals surface area contributed by atoms with Crippen molar-refractivity contribution in [3.63, 3.8) is 0 Å². The van der Waals surface area contributed by atoms with Crippen LogP contribution in [-0.4, -0.2) is 28.0 Å². The van der Waals surface area contributed by atoms with Crippen LogP contribution in [0.2, 0.25) is 0 Å². The van der Waals surface area contributed by atoms with E-state index in [1.165, 1.54) is 17.5 Å². The number of hydrogen-bond donors (Lipinski definition) is 1. The van der Waals surface area contributed by atoms with E-state index in [0.717, 1.165) is 68.1 Å². The lowest BCUT2D eigenvalue weighted by Crippen LogP contribution is -2.17. The molecule has 3 rings (SSSR count). The average molecular weight is 451 g/mol. The van der Waals surface area contributed by atoms with Gasteiger partial charge in [-0.25, -0.2) is 4.98 Å². The third-order valence-electron chi connectivity index (χ3n) is 6.21. The minimum absolute atomic E-state index is 0.684. The highest BCUT2D eigenvalue weighted by Gasteiger charge is 2.18. The minimum Gasteiger partial charge on any atom is -0.342 e. The summed E-state index contributed by atoms with van der Waals surface area (Å²) in [5.74, 6) is 1.71. The second kappa shape index (κ2) is 12.1. The van der Waals surface area contributed by atoms with Gasteiger partial charge in [0.25, 0.3) is 0 Å². The van der Waals surface area contributed by atoms with Crippen molar-refractivity contribution in [2.75, 3.05) is 13.6 Å². The summed E-state index contributed by atoms with van der Waals surface area (Å²) in [5, 5.41) is 4.24. The van der Waals surface area contributed by atoms with Gasteiger partial charge in [0.1, 0.15) is 0 Å². The molecule has 2 heterocycles. The molecule has 5 heteroatoms. The van der Waals surface area contributed by atoms with Gasteiger partial charge in [0.05, 0.1) is 11.4 Å². The van der Waals surface area contributed by atoms with E-state index >= 15 is 0 Å². The summed E-state index contributed by atoms with van der Waals surface area (Å²) >= 11 is 1.68. The highest BCUT2D eigenvalue weighted by atomic mass is 32.2. The number of thioether (sulfide) groups is 1. The number of likely N-dealkylation sites (N-methyl/N-ethyl adjacent to an activating group) is 1. The number of aromatic nitrogens is 2. The van der Waals surface area contributed by atoms with Gasteiger partial charge in [0.15, 0.2) is 5.82 Å². The third kappa shape index (κ3) is 6.39. The monoisotopic (exact) mass is 450 g/mol. The molecule has 2 N–H and O–H groups in total. The predicted octanol–water partition coefficient (Wildman–Crippen LogP) is 6.00. The van der Waals surface area contributed by atoms with E-state index in [1.54, 1.807) is 11.8 Å². The lowest BCUT2D eigenvalue weighted by atomic mass is 9.93. The second-order valence-corrected chi connectivity index (χ2v) is 9.39. The molecular formula is C27H38N4S. The van der Waals surface area contributed by atoms with Crippen molar-refractivity contribution in [1.82, 2.24) is 14.5 Å². The molecule has 0 saturated carbocycles. The van der Waals surface area contributed by atoms with Crippen molar-refractivity contribution in [3.8, 4) is 0 Å². The molecule has 1 aliphatic heterocycles. The zero-order chi connectivity index (χ0) is 22.9. The van der Waals surface area contributed by atoms with E-state index in [1.807, 2.05) is 6.08 Å². The van der Waals surface area contributed by atoms with Gasteiger partial charge in [-0.15, -0.1) is 11.8 Å². The molecule has 1 atom stereocenters. The molecule has 0 fully saturated rings. The number of hydrogen-bond acceptors (Lipinski definition) is 4. The first kappa shape index (κ1) is 24.4. The number of allylic oxidation sites excluding steroid dienone is 1. The highest BCUT2D eigenvalue weighted by molar-refractivity contribution is 8.05. The van der Waals surface area contributed by atoms with Gasteiger partial charge in [-0.3, -0.25) is 0 Å². The Bertz CT molecular complexity index is 939. The van der Waals surface area contributed by atoms with Crippen LogP contribution in [0.25, 0.3) is 5.70 Å². The zero-order valence-electron chi connectivity index (χ0n) is 19.9. The molecule has 4 nitrogen and oxygen atoms in total. The summed E-state index contributed by atoms with van der Waals surface area (Å²) in [4.78, 5) is 7.13. The smallest absolute Gasteiger partial charge is 0.157 e. The van der Waals surface area contributed by atoms with Crippen molar-refractivity contribution in [2.24, 2.45) is 11.7 Å². The van der Waals surface area contributed by atoms with Crippen LogP contribution in [0.1, 0.15) is 55.8 Å². The van der Waals surface area contributed by atoms with Crippen LogP contribution in [0.5, 0.6) is 0 Å². The zero-order valence-corrected chi connectivity index (χ0v) is 20.7. The Morgan fingerprint density at radius 3 is 2.56 bits per heavy atom. The van der Waals surface area contributed by atoms with E-state index in [9.17, 15) is 0 Å². The first-order chi connectivity index (χ1) is 15.5. The van der Waals surface area contributed by atoms with E-state index in [0.29, 0.717) is 5.92 Å². The number of benzene rings is 1. The molecule has 172 valence electrons. The summed E-state index contributed by atoms with van der Waals surface area (Å²) in [7, 11) is 2.07. The molecule has 1 unspecified atom stereocenters. The lowest BCUT2D eigenvalue weighted by molar-refractivity contribution is 0.475. The molecule has 2 aromatic rings. The van der Waals surface area contributed by atoms with Crippen molar-refractivity contribution < 1.29 is 0 Å². The molecule has 1 aromatic heterocycles. The molecule has 32 heavy (non-hydrogen) atoms. The van der Waals surface area contributed by atoms with Crippen molar-refractivity contribution in [3.05, 3.63) is 82.3 Å². The van der Waals surface area contributed by atoms with Crippen molar-refractivity contribution >= 4 is 17.5 Å². The van der Waals surface area contributed by atoms with Gasteiger partial charge in [0.2, 0.25) is 0 Å². The molecule has 0 aliphatic carbocycles. The number of imidazole rings is 1. The SMILES string of the molecule is C=C1C=CSC=C(c2nc(CCC)cn2CCc2ccc(CC(CC)CCN)cc2)N1C. The van der Waals surface area contributed by atoms with Crippen LogP contribution in [-0.2, 0) is 25.8 Å². The van der Waals surface area contributed by atoms with Gasteiger partial charge in [-0.05, 0) is 60.8 Å². The maximum atomic E-state index is 5.77. The second-order valence-electron chi connectivity index (χ2n) is 8.61. The van der Waals surface area contributed by atoms with Gasteiger partial charge >= 0.3 is 0 Å². The Morgan fingerprint density at radius 1 is 1.12 bits per heavy atom. The van der Waals surface area contributed by atoms with E-state index in [4.69, 9.17) is 10.7 Å². The number of nitrogens with two attached hydrogens (primary N) is 1. The molecule has 1 aromatic carbocycles. The maximum Gasteiger partial charge on any atom is 0.157 e. The Balaban J connectivity index is 1.73.